The minimum atomic E-state index is 0.0379. The molecule has 0 aliphatic rings. The molecular formula is C16H32O2. The van der Waals surface area contributed by atoms with E-state index in [9.17, 15) is 4.79 Å². The molecule has 0 rings (SSSR count). The summed E-state index contributed by atoms with van der Waals surface area (Å²) in [6, 6.07) is 0. The number of carbonyl (C=O) groups excluding carboxylic acids is 1. The Balaban J connectivity index is 4.08. The molecule has 0 heterocycles. The normalized spacial score (nSPS) is 11.2. The van der Waals surface area contributed by atoms with Crippen LogP contribution in [-0.2, 0) is 9.53 Å². The Hall–Kier alpha value is -0.530. The Bertz CT molecular complexity index is 189. The Morgan fingerprint density at radius 1 is 0.833 bits per heavy atom. The van der Waals surface area contributed by atoms with E-state index in [1.165, 1.54) is 25.7 Å². The van der Waals surface area contributed by atoms with Gasteiger partial charge in [-0.25, -0.2) is 0 Å². The zero-order chi connectivity index (χ0) is 13.8. The minimum absolute atomic E-state index is 0.0379. The second-order valence-corrected chi connectivity index (χ2v) is 5.35. The predicted octanol–water partition coefficient (Wildman–Crippen LogP) is 4.96. The molecule has 0 aromatic heterocycles. The summed E-state index contributed by atoms with van der Waals surface area (Å²) in [5.74, 6) is 0.729. The highest BCUT2D eigenvalue weighted by Crippen LogP contribution is 2.18. The van der Waals surface area contributed by atoms with Gasteiger partial charge in [-0.15, -0.1) is 0 Å². The SMILES string of the molecule is CCCC(CCC)COC(=O)C(CCC)CCC. The van der Waals surface area contributed by atoms with Crippen molar-refractivity contribution < 1.29 is 9.53 Å². The van der Waals surface area contributed by atoms with Crippen LogP contribution in [0.2, 0.25) is 0 Å². The van der Waals surface area contributed by atoms with Crippen molar-refractivity contribution in [1.82, 2.24) is 0 Å². The van der Waals surface area contributed by atoms with E-state index in [2.05, 4.69) is 27.7 Å². The fraction of sp³-hybridized carbons (Fsp3) is 0.938. The lowest BCUT2D eigenvalue weighted by molar-refractivity contribution is -0.150. The molecule has 0 aromatic carbocycles. The highest BCUT2D eigenvalue weighted by molar-refractivity contribution is 5.72. The van der Waals surface area contributed by atoms with Crippen LogP contribution in [0.1, 0.15) is 79.1 Å². The van der Waals surface area contributed by atoms with Crippen molar-refractivity contribution in [2.24, 2.45) is 11.8 Å². The van der Waals surface area contributed by atoms with Gasteiger partial charge in [0, 0.05) is 0 Å². The van der Waals surface area contributed by atoms with E-state index in [-0.39, 0.29) is 11.9 Å². The van der Waals surface area contributed by atoms with Gasteiger partial charge in [-0.1, -0.05) is 53.4 Å². The first kappa shape index (κ1) is 17.5. The van der Waals surface area contributed by atoms with E-state index < -0.39 is 0 Å². The van der Waals surface area contributed by atoms with Gasteiger partial charge in [0.2, 0.25) is 0 Å². The number of hydrogen-bond donors (Lipinski definition) is 0. The number of rotatable bonds is 11. The van der Waals surface area contributed by atoms with E-state index in [0.29, 0.717) is 12.5 Å². The van der Waals surface area contributed by atoms with Crippen molar-refractivity contribution in [3.8, 4) is 0 Å². The number of carbonyl (C=O) groups is 1. The largest absolute Gasteiger partial charge is 0.465 e. The molecule has 0 saturated heterocycles. The van der Waals surface area contributed by atoms with Gasteiger partial charge in [-0.3, -0.25) is 4.79 Å². The molecular weight excluding hydrogens is 224 g/mol. The fourth-order valence-electron chi connectivity index (χ4n) is 2.52. The highest BCUT2D eigenvalue weighted by Gasteiger charge is 2.19. The lowest BCUT2D eigenvalue weighted by atomic mass is 9.97. The van der Waals surface area contributed by atoms with Crippen LogP contribution in [0.5, 0.6) is 0 Å². The van der Waals surface area contributed by atoms with Gasteiger partial charge < -0.3 is 4.74 Å². The van der Waals surface area contributed by atoms with Crippen LogP contribution in [0.25, 0.3) is 0 Å². The van der Waals surface area contributed by atoms with Crippen molar-refractivity contribution in [3.63, 3.8) is 0 Å². The molecule has 2 nitrogen and oxygen atoms in total. The van der Waals surface area contributed by atoms with Crippen LogP contribution < -0.4 is 0 Å². The predicted molar refractivity (Wildman–Crippen MR) is 77.6 cm³/mol. The summed E-state index contributed by atoms with van der Waals surface area (Å²) in [5.41, 5.74) is 0. The van der Waals surface area contributed by atoms with Gasteiger partial charge >= 0.3 is 5.97 Å². The molecule has 0 aromatic rings. The van der Waals surface area contributed by atoms with E-state index in [4.69, 9.17) is 4.74 Å². The Morgan fingerprint density at radius 3 is 1.67 bits per heavy atom. The molecule has 18 heavy (non-hydrogen) atoms. The molecule has 0 unspecified atom stereocenters. The summed E-state index contributed by atoms with van der Waals surface area (Å²) >= 11 is 0. The topological polar surface area (TPSA) is 26.3 Å². The third kappa shape index (κ3) is 7.73. The van der Waals surface area contributed by atoms with Crippen molar-refractivity contribution in [2.75, 3.05) is 6.61 Å². The summed E-state index contributed by atoms with van der Waals surface area (Å²) in [4.78, 5) is 12.0. The molecule has 2 heteroatoms. The maximum atomic E-state index is 12.0. The van der Waals surface area contributed by atoms with E-state index in [1.54, 1.807) is 0 Å². The summed E-state index contributed by atoms with van der Waals surface area (Å²) in [7, 11) is 0. The molecule has 0 fully saturated rings. The maximum absolute atomic E-state index is 12.0. The zero-order valence-corrected chi connectivity index (χ0v) is 12.8. The minimum Gasteiger partial charge on any atom is -0.465 e. The van der Waals surface area contributed by atoms with E-state index >= 15 is 0 Å². The molecule has 0 spiro atoms. The monoisotopic (exact) mass is 256 g/mol. The summed E-state index contributed by atoms with van der Waals surface area (Å²) in [5, 5.41) is 0. The Kier molecular flexibility index (Phi) is 11.2. The third-order valence-corrected chi connectivity index (χ3v) is 3.46. The lowest BCUT2D eigenvalue weighted by Crippen LogP contribution is -2.21. The van der Waals surface area contributed by atoms with E-state index in [1.807, 2.05) is 0 Å². The number of hydrogen-bond acceptors (Lipinski definition) is 2. The van der Waals surface area contributed by atoms with Crippen LogP contribution in [-0.4, -0.2) is 12.6 Å². The van der Waals surface area contributed by atoms with Gasteiger partial charge in [0.05, 0.1) is 12.5 Å². The van der Waals surface area contributed by atoms with Crippen LogP contribution in [0, 0.1) is 11.8 Å². The maximum Gasteiger partial charge on any atom is 0.308 e. The van der Waals surface area contributed by atoms with Crippen molar-refractivity contribution in [1.29, 1.82) is 0 Å². The average Bonchev–Trinajstić information content (AvgIpc) is 2.36. The molecule has 0 aliphatic heterocycles. The fourth-order valence-corrected chi connectivity index (χ4v) is 2.52. The molecule has 0 amide bonds. The van der Waals surface area contributed by atoms with Crippen LogP contribution >= 0.6 is 0 Å². The van der Waals surface area contributed by atoms with Crippen LogP contribution in [0.3, 0.4) is 0 Å². The quantitative estimate of drug-likeness (QED) is 0.488. The standard InChI is InChI=1S/C16H32O2/c1-5-9-14(10-6-2)13-18-16(17)15(11-7-3)12-8-4/h14-15H,5-13H2,1-4H3. The van der Waals surface area contributed by atoms with Gasteiger partial charge in [0.25, 0.3) is 0 Å². The highest BCUT2D eigenvalue weighted by atomic mass is 16.5. The molecule has 0 aliphatic carbocycles. The molecule has 0 radical (unpaired) electrons. The smallest absolute Gasteiger partial charge is 0.308 e. The zero-order valence-electron chi connectivity index (χ0n) is 12.8. The van der Waals surface area contributed by atoms with E-state index in [0.717, 1.165) is 25.7 Å². The van der Waals surface area contributed by atoms with Gasteiger partial charge in [0.1, 0.15) is 0 Å². The van der Waals surface area contributed by atoms with Crippen molar-refractivity contribution in [2.45, 2.75) is 79.1 Å². The van der Waals surface area contributed by atoms with Crippen molar-refractivity contribution >= 4 is 5.97 Å². The average molecular weight is 256 g/mol. The Morgan fingerprint density at radius 2 is 1.28 bits per heavy atom. The first-order chi connectivity index (χ1) is 8.69. The summed E-state index contributed by atoms with van der Waals surface area (Å²) < 4.78 is 5.54. The number of esters is 1. The number of ether oxygens (including phenoxy) is 1. The van der Waals surface area contributed by atoms with Gasteiger partial charge in [0.15, 0.2) is 0 Å². The van der Waals surface area contributed by atoms with Crippen LogP contribution in [0.15, 0.2) is 0 Å². The van der Waals surface area contributed by atoms with Gasteiger partial charge in [-0.2, -0.15) is 0 Å². The second kappa shape index (κ2) is 11.6. The molecule has 0 bridgehead atoms. The summed E-state index contributed by atoms with van der Waals surface area (Å²) in [6.45, 7) is 9.28. The first-order valence-electron chi connectivity index (χ1n) is 7.86. The van der Waals surface area contributed by atoms with Crippen molar-refractivity contribution in [3.05, 3.63) is 0 Å². The Labute approximate surface area is 113 Å². The van der Waals surface area contributed by atoms with Gasteiger partial charge in [-0.05, 0) is 31.6 Å². The molecule has 108 valence electrons. The molecule has 0 N–H and O–H groups in total. The molecule has 0 atom stereocenters. The first-order valence-corrected chi connectivity index (χ1v) is 7.86. The lowest BCUT2D eigenvalue weighted by Gasteiger charge is -2.19. The summed E-state index contributed by atoms with van der Waals surface area (Å²) in [6.07, 6.45) is 8.77. The van der Waals surface area contributed by atoms with Crippen LogP contribution in [0.4, 0.5) is 0 Å². The second-order valence-electron chi connectivity index (χ2n) is 5.35. The molecule has 0 saturated carbocycles. The third-order valence-electron chi connectivity index (χ3n) is 3.46.